The molecular weight excluding hydrogens is 176 g/mol. The molecule has 1 aromatic heterocycles. The minimum Gasteiger partial charge on any atom is -0.328 e. The van der Waals surface area contributed by atoms with Crippen LogP contribution in [0.2, 0.25) is 0 Å². The van der Waals surface area contributed by atoms with Crippen LogP contribution < -0.4 is 5.73 Å². The summed E-state index contributed by atoms with van der Waals surface area (Å²) in [6.07, 6.45) is 7.80. The topological polar surface area (TPSA) is 67.6 Å². The van der Waals surface area contributed by atoms with Crippen molar-refractivity contribution >= 4 is 0 Å². The first-order valence-corrected chi connectivity index (χ1v) is 5.00. The summed E-state index contributed by atoms with van der Waals surface area (Å²) in [5.74, 6) is 0.519. The second kappa shape index (κ2) is 3.81. The molecule has 0 atom stereocenters. The Labute approximate surface area is 83.4 Å². The lowest BCUT2D eigenvalue weighted by atomic mass is 9.91. The van der Waals surface area contributed by atoms with E-state index in [2.05, 4.69) is 11.1 Å². The summed E-state index contributed by atoms with van der Waals surface area (Å²) in [5.41, 5.74) is 5.83. The van der Waals surface area contributed by atoms with E-state index in [0.717, 1.165) is 25.7 Å². The van der Waals surface area contributed by atoms with Gasteiger partial charge in [0.1, 0.15) is 6.07 Å². The largest absolute Gasteiger partial charge is 0.328 e. The summed E-state index contributed by atoms with van der Waals surface area (Å²) in [5, 5.41) is 8.83. The normalized spacial score (nSPS) is 27.1. The highest BCUT2D eigenvalue weighted by Gasteiger charge is 2.21. The van der Waals surface area contributed by atoms with Crippen molar-refractivity contribution in [1.29, 1.82) is 5.26 Å². The van der Waals surface area contributed by atoms with Crippen molar-refractivity contribution in [3.63, 3.8) is 0 Å². The molecule has 0 saturated heterocycles. The van der Waals surface area contributed by atoms with E-state index in [4.69, 9.17) is 11.0 Å². The number of nitrogens with two attached hydrogens (primary N) is 1. The van der Waals surface area contributed by atoms with E-state index >= 15 is 0 Å². The highest BCUT2D eigenvalue weighted by Crippen LogP contribution is 2.28. The van der Waals surface area contributed by atoms with Crippen LogP contribution in [0.4, 0.5) is 0 Å². The van der Waals surface area contributed by atoms with Gasteiger partial charge in [0.15, 0.2) is 0 Å². The van der Waals surface area contributed by atoms with Gasteiger partial charge in [-0.15, -0.1) is 0 Å². The standard InChI is InChI=1S/C10H14N4/c11-7-10-13-5-6-14(10)9-3-1-8(12)2-4-9/h5-6,8-9H,1-4,12H2. The van der Waals surface area contributed by atoms with Crippen LogP contribution in [0, 0.1) is 11.3 Å². The third-order valence-electron chi connectivity index (χ3n) is 2.90. The quantitative estimate of drug-likeness (QED) is 0.723. The molecule has 0 spiro atoms. The number of nitrogens with zero attached hydrogens (tertiary/aromatic N) is 3. The van der Waals surface area contributed by atoms with Crippen LogP contribution in [0.15, 0.2) is 12.4 Å². The van der Waals surface area contributed by atoms with Crippen LogP contribution in [-0.4, -0.2) is 15.6 Å². The van der Waals surface area contributed by atoms with Gasteiger partial charge in [-0.1, -0.05) is 0 Å². The van der Waals surface area contributed by atoms with Crippen LogP contribution in [0.1, 0.15) is 37.5 Å². The van der Waals surface area contributed by atoms with Gasteiger partial charge >= 0.3 is 0 Å². The fourth-order valence-electron chi connectivity index (χ4n) is 2.07. The number of hydrogen-bond donors (Lipinski definition) is 1. The number of imidazole rings is 1. The summed E-state index contributed by atoms with van der Waals surface area (Å²) in [4.78, 5) is 4.00. The van der Waals surface area contributed by atoms with Crippen LogP contribution in [0.5, 0.6) is 0 Å². The lowest BCUT2D eigenvalue weighted by Crippen LogP contribution is -2.28. The zero-order valence-corrected chi connectivity index (χ0v) is 8.06. The SMILES string of the molecule is N#Cc1nccn1C1CCC(N)CC1. The average molecular weight is 190 g/mol. The lowest BCUT2D eigenvalue weighted by Gasteiger charge is -2.27. The van der Waals surface area contributed by atoms with Gasteiger partial charge in [0.05, 0.1) is 0 Å². The van der Waals surface area contributed by atoms with Crippen LogP contribution >= 0.6 is 0 Å². The summed E-state index contributed by atoms with van der Waals surface area (Å²) in [6, 6.07) is 2.88. The molecule has 1 saturated carbocycles. The molecule has 0 radical (unpaired) electrons. The predicted molar refractivity (Wildman–Crippen MR) is 52.4 cm³/mol. The number of hydrogen-bond acceptors (Lipinski definition) is 3. The fourth-order valence-corrected chi connectivity index (χ4v) is 2.07. The molecule has 0 aliphatic heterocycles. The van der Waals surface area contributed by atoms with Crippen molar-refractivity contribution in [1.82, 2.24) is 9.55 Å². The van der Waals surface area contributed by atoms with Crippen LogP contribution in [-0.2, 0) is 0 Å². The molecule has 1 aromatic rings. The molecule has 4 nitrogen and oxygen atoms in total. The molecule has 4 heteroatoms. The zero-order valence-electron chi connectivity index (χ0n) is 8.06. The van der Waals surface area contributed by atoms with Crippen molar-refractivity contribution in [2.75, 3.05) is 0 Å². The van der Waals surface area contributed by atoms with E-state index in [1.165, 1.54) is 0 Å². The number of rotatable bonds is 1. The van der Waals surface area contributed by atoms with E-state index in [0.29, 0.717) is 17.9 Å². The second-order valence-corrected chi connectivity index (χ2v) is 3.84. The summed E-state index contributed by atoms with van der Waals surface area (Å²) < 4.78 is 1.98. The molecule has 14 heavy (non-hydrogen) atoms. The molecule has 0 amide bonds. The number of aromatic nitrogens is 2. The van der Waals surface area contributed by atoms with Crippen LogP contribution in [0.3, 0.4) is 0 Å². The minimum absolute atomic E-state index is 0.348. The fraction of sp³-hybridized carbons (Fsp3) is 0.600. The van der Waals surface area contributed by atoms with Gasteiger partial charge < -0.3 is 10.3 Å². The Morgan fingerprint density at radius 1 is 1.43 bits per heavy atom. The molecule has 74 valence electrons. The summed E-state index contributed by atoms with van der Waals surface area (Å²) >= 11 is 0. The maximum Gasteiger partial charge on any atom is 0.212 e. The molecule has 2 rings (SSSR count). The molecule has 0 unspecified atom stereocenters. The van der Waals surface area contributed by atoms with Crippen molar-refractivity contribution in [2.24, 2.45) is 5.73 Å². The van der Waals surface area contributed by atoms with Crippen molar-refractivity contribution < 1.29 is 0 Å². The zero-order chi connectivity index (χ0) is 9.97. The minimum atomic E-state index is 0.348. The molecule has 1 fully saturated rings. The molecule has 1 heterocycles. The molecular formula is C10H14N4. The lowest BCUT2D eigenvalue weighted by molar-refractivity contribution is 0.322. The van der Waals surface area contributed by atoms with Gasteiger partial charge in [-0.3, -0.25) is 0 Å². The molecule has 0 aromatic carbocycles. The maximum atomic E-state index is 8.83. The smallest absolute Gasteiger partial charge is 0.212 e. The first-order chi connectivity index (χ1) is 6.81. The highest BCUT2D eigenvalue weighted by atomic mass is 15.1. The van der Waals surface area contributed by atoms with Gasteiger partial charge in [0.2, 0.25) is 5.82 Å². The van der Waals surface area contributed by atoms with Crippen molar-refractivity contribution in [3.05, 3.63) is 18.2 Å². The van der Waals surface area contributed by atoms with Gasteiger partial charge in [-0.05, 0) is 25.7 Å². The maximum absolute atomic E-state index is 8.83. The van der Waals surface area contributed by atoms with E-state index in [1.807, 2.05) is 10.8 Å². The Kier molecular flexibility index (Phi) is 2.51. The van der Waals surface area contributed by atoms with Gasteiger partial charge in [0, 0.05) is 24.5 Å². The Hall–Kier alpha value is -1.34. The van der Waals surface area contributed by atoms with Crippen molar-refractivity contribution in [3.8, 4) is 6.07 Å². The average Bonchev–Trinajstić information content (AvgIpc) is 2.67. The Bertz CT molecular complexity index is 341. The molecule has 2 N–H and O–H groups in total. The summed E-state index contributed by atoms with van der Waals surface area (Å²) in [7, 11) is 0. The molecule has 1 aliphatic rings. The van der Waals surface area contributed by atoms with Crippen LogP contribution in [0.25, 0.3) is 0 Å². The van der Waals surface area contributed by atoms with E-state index in [9.17, 15) is 0 Å². The van der Waals surface area contributed by atoms with E-state index in [-0.39, 0.29) is 0 Å². The molecule has 1 aliphatic carbocycles. The Balaban J connectivity index is 2.13. The van der Waals surface area contributed by atoms with Gasteiger partial charge in [-0.25, -0.2) is 4.98 Å². The van der Waals surface area contributed by atoms with Crippen molar-refractivity contribution in [2.45, 2.75) is 37.8 Å². The third kappa shape index (κ3) is 1.64. The first kappa shape index (κ1) is 9.22. The summed E-state index contributed by atoms with van der Waals surface area (Å²) in [6.45, 7) is 0. The van der Waals surface area contributed by atoms with Gasteiger partial charge in [-0.2, -0.15) is 5.26 Å². The Morgan fingerprint density at radius 2 is 2.14 bits per heavy atom. The first-order valence-electron chi connectivity index (χ1n) is 5.00. The van der Waals surface area contributed by atoms with Gasteiger partial charge in [0.25, 0.3) is 0 Å². The monoisotopic (exact) mass is 190 g/mol. The third-order valence-corrected chi connectivity index (χ3v) is 2.90. The number of nitriles is 1. The predicted octanol–water partition coefficient (Wildman–Crippen LogP) is 1.20. The second-order valence-electron chi connectivity index (χ2n) is 3.84. The van der Waals surface area contributed by atoms with E-state index in [1.54, 1.807) is 6.20 Å². The highest BCUT2D eigenvalue weighted by molar-refractivity contribution is 5.12. The molecule has 0 bridgehead atoms. The Morgan fingerprint density at radius 3 is 2.79 bits per heavy atom. The van der Waals surface area contributed by atoms with E-state index < -0.39 is 0 Å².